The van der Waals surface area contributed by atoms with Crippen LogP contribution in [0.4, 0.5) is 4.39 Å². The number of aryl methyl sites for hydroxylation is 2. The van der Waals surface area contributed by atoms with Crippen LogP contribution in [0.15, 0.2) is 22.7 Å². The van der Waals surface area contributed by atoms with Gasteiger partial charge in [-0.1, -0.05) is 6.07 Å². The molecule has 2 rings (SSSR count). The molecule has 2 aromatic rings. The molecule has 96 valence electrons. The van der Waals surface area contributed by atoms with Crippen molar-refractivity contribution in [2.45, 2.75) is 13.5 Å². The van der Waals surface area contributed by atoms with Crippen LogP contribution in [0.2, 0.25) is 0 Å². The van der Waals surface area contributed by atoms with E-state index < -0.39 is 5.82 Å². The summed E-state index contributed by atoms with van der Waals surface area (Å²) in [5.41, 5.74) is 7.00. The van der Waals surface area contributed by atoms with Crippen LogP contribution in [0.25, 0.3) is 0 Å². The first-order valence-electron chi connectivity index (χ1n) is 5.38. The lowest BCUT2D eigenvalue weighted by atomic mass is 10.2. The number of hydrogen-bond acceptors (Lipinski definition) is 3. The molecule has 4 nitrogen and oxygen atoms in total. The highest BCUT2D eigenvalue weighted by Crippen LogP contribution is 2.31. The molecule has 1 heterocycles. The number of nitrogens with two attached hydrogens (primary N) is 1. The normalized spacial score (nSPS) is 10.7. The zero-order valence-corrected chi connectivity index (χ0v) is 11.7. The quantitative estimate of drug-likeness (QED) is 0.948. The Morgan fingerprint density at radius 2 is 2.22 bits per heavy atom. The lowest BCUT2D eigenvalue weighted by Gasteiger charge is -2.09. The van der Waals surface area contributed by atoms with Crippen LogP contribution in [-0.4, -0.2) is 9.78 Å². The van der Waals surface area contributed by atoms with Crippen molar-refractivity contribution in [3.05, 3.63) is 39.7 Å². The molecule has 0 aliphatic heterocycles. The number of rotatable bonds is 3. The Morgan fingerprint density at radius 3 is 2.78 bits per heavy atom. The Balaban J connectivity index is 2.35. The van der Waals surface area contributed by atoms with Crippen LogP contribution in [0.5, 0.6) is 11.6 Å². The summed E-state index contributed by atoms with van der Waals surface area (Å²) in [6.07, 6.45) is 0. The summed E-state index contributed by atoms with van der Waals surface area (Å²) < 4.78 is 21.4. The molecule has 0 atom stereocenters. The molecular weight excluding hydrogens is 301 g/mol. The summed E-state index contributed by atoms with van der Waals surface area (Å²) >= 11 is 3.17. The van der Waals surface area contributed by atoms with Gasteiger partial charge >= 0.3 is 0 Å². The minimum absolute atomic E-state index is 0.141. The van der Waals surface area contributed by atoms with Crippen molar-refractivity contribution in [2.24, 2.45) is 12.8 Å². The standard InChI is InChI=1S/C12H13BrFN3O/c1-7-5-10(17(2)16-7)18-9-4-3-8(6-15)11(13)12(9)14/h3-5H,6,15H2,1-2H3. The van der Waals surface area contributed by atoms with Crippen molar-refractivity contribution in [1.29, 1.82) is 0 Å². The van der Waals surface area contributed by atoms with Gasteiger partial charge in [0.1, 0.15) is 0 Å². The topological polar surface area (TPSA) is 53.1 Å². The third kappa shape index (κ3) is 2.39. The lowest BCUT2D eigenvalue weighted by molar-refractivity contribution is 0.402. The number of nitrogens with zero attached hydrogens (tertiary/aromatic N) is 2. The van der Waals surface area contributed by atoms with Crippen LogP contribution in [-0.2, 0) is 13.6 Å². The minimum Gasteiger partial charge on any atom is -0.436 e. The molecule has 0 unspecified atom stereocenters. The van der Waals surface area contributed by atoms with E-state index in [-0.39, 0.29) is 12.3 Å². The molecule has 0 radical (unpaired) electrons. The molecule has 1 aromatic carbocycles. The molecule has 0 aliphatic carbocycles. The van der Waals surface area contributed by atoms with Crippen LogP contribution >= 0.6 is 15.9 Å². The van der Waals surface area contributed by atoms with Crippen molar-refractivity contribution >= 4 is 15.9 Å². The highest BCUT2D eigenvalue weighted by Gasteiger charge is 2.14. The summed E-state index contributed by atoms with van der Waals surface area (Å²) in [5, 5.41) is 4.13. The zero-order valence-electron chi connectivity index (χ0n) is 10.1. The highest BCUT2D eigenvalue weighted by molar-refractivity contribution is 9.10. The maximum absolute atomic E-state index is 14.0. The number of halogens is 2. The second-order valence-corrected chi connectivity index (χ2v) is 4.70. The molecule has 1 aromatic heterocycles. The van der Waals surface area contributed by atoms with Crippen molar-refractivity contribution in [2.75, 3.05) is 0 Å². The highest BCUT2D eigenvalue weighted by atomic mass is 79.9. The molecule has 0 saturated heterocycles. The summed E-state index contributed by atoms with van der Waals surface area (Å²) in [5.74, 6) is 0.165. The summed E-state index contributed by atoms with van der Waals surface area (Å²) in [7, 11) is 1.74. The van der Waals surface area contributed by atoms with Gasteiger partial charge in [-0.3, -0.25) is 0 Å². The molecule has 0 bridgehead atoms. The molecule has 0 amide bonds. The first-order valence-corrected chi connectivity index (χ1v) is 6.17. The Bertz CT molecular complexity index is 583. The molecule has 0 aliphatic rings. The molecular formula is C12H13BrFN3O. The van der Waals surface area contributed by atoms with Gasteiger partial charge in [-0.2, -0.15) is 5.10 Å². The predicted molar refractivity (Wildman–Crippen MR) is 70.0 cm³/mol. The number of ether oxygens (including phenoxy) is 1. The molecule has 0 spiro atoms. The maximum Gasteiger partial charge on any atom is 0.217 e. The van der Waals surface area contributed by atoms with Gasteiger partial charge < -0.3 is 10.5 Å². The van der Waals surface area contributed by atoms with Crippen molar-refractivity contribution in [1.82, 2.24) is 9.78 Å². The van der Waals surface area contributed by atoms with Gasteiger partial charge in [0, 0.05) is 19.7 Å². The number of benzene rings is 1. The van der Waals surface area contributed by atoms with Crippen LogP contribution in [0, 0.1) is 12.7 Å². The van der Waals surface area contributed by atoms with E-state index in [0.717, 1.165) is 5.69 Å². The van der Waals surface area contributed by atoms with Gasteiger partial charge in [0.15, 0.2) is 11.6 Å². The third-order valence-electron chi connectivity index (χ3n) is 2.52. The SMILES string of the molecule is Cc1cc(Oc2ccc(CN)c(Br)c2F)n(C)n1. The van der Waals surface area contributed by atoms with Gasteiger partial charge in [-0.25, -0.2) is 9.07 Å². The maximum atomic E-state index is 14.0. The fraction of sp³-hybridized carbons (Fsp3) is 0.250. The molecule has 0 saturated carbocycles. The predicted octanol–water partition coefficient (Wildman–Crippen LogP) is 2.88. The van der Waals surface area contributed by atoms with Crippen LogP contribution in [0.3, 0.4) is 0 Å². The zero-order chi connectivity index (χ0) is 13.3. The van der Waals surface area contributed by atoms with E-state index in [1.165, 1.54) is 0 Å². The Morgan fingerprint density at radius 1 is 1.50 bits per heavy atom. The lowest BCUT2D eigenvalue weighted by Crippen LogP contribution is -2.01. The molecule has 0 fully saturated rings. The average molecular weight is 314 g/mol. The van der Waals surface area contributed by atoms with Crippen LogP contribution in [0.1, 0.15) is 11.3 Å². The Labute approximate surface area is 113 Å². The van der Waals surface area contributed by atoms with E-state index in [1.54, 1.807) is 29.9 Å². The van der Waals surface area contributed by atoms with Gasteiger partial charge in [-0.15, -0.1) is 0 Å². The van der Waals surface area contributed by atoms with E-state index in [9.17, 15) is 4.39 Å². The summed E-state index contributed by atoms with van der Waals surface area (Å²) in [4.78, 5) is 0. The van der Waals surface area contributed by atoms with E-state index in [0.29, 0.717) is 15.9 Å². The fourth-order valence-electron chi connectivity index (χ4n) is 1.60. The van der Waals surface area contributed by atoms with Gasteiger partial charge in [0.05, 0.1) is 10.2 Å². The minimum atomic E-state index is -0.461. The van der Waals surface area contributed by atoms with Crippen molar-refractivity contribution in [3.63, 3.8) is 0 Å². The second kappa shape index (κ2) is 5.07. The van der Waals surface area contributed by atoms with E-state index in [4.69, 9.17) is 10.5 Å². The average Bonchev–Trinajstić information content (AvgIpc) is 2.64. The van der Waals surface area contributed by atoms with E-state index >= 15 is 0 Å². The Hall–Kier alpha value is -1.40. The third-order valence-corrected chi connectivity index (χ3v) is 3.38. The van der Waals surface area contributed by atoms with Crippen molar-refractivity contribution < 1.29 is 9.13 Å². The first kappa shape index (κ1) is 13.0. The molecule has 18 heavy (non-hydrogen) atoms. The second-order valence-electron chi connectivity index (χ2n) is 3.90. The van der Waals surface area contributed by atoms with E-state index in [1.807, 2.05) is 6.92 Å². The van der Waals surface area contributed by atoms with Crippen molar-refractivity contribution in [3.8, 4) is 11.6 Å². The van der Waals surface area contributed by atoms with Crippen LogP contribution < -0.4 is 10.5 Å². The molecule has 2 N–H and O–H groups in total. The Kier molecular flexibility index (Phi) is 3.68. The number of hydrogen-bond donors (Lipinski definition) is 1. The summed E-state index contributed by atoms with van der Waals surface area (Å²) in [6.45, 7) is 2.11. The largest absolute Gasteiger partial charge is 0.436 e. The smallest absolute Gasteiger partial charge is 0.217 e. The first-order chi connectivity index (χ1) is 8.52. The molecule has 6 heteroatoms. The monoisotopic (exact) mass is 313 g/mol. The van der Waals surface area contributed by atoms with Gasteiger partial charge in [0.25, 0.3) is 0 Å². The number of aromatic nitrogens is 2. The van der Waals surface area contributed by atoms with Gasteiger partial charge in [-0.05, 0) is 34.5 Å². The van der Waals surface area contributed by atoms with E-state index in [2.05, 4.69) is 21.0 Å². The summed E-state index contributed by atoms with van der Waals surface area (Å²) in [6, 6.07) is 5.03. The van der Waals surface area contributed by atoms with Gasteiger partial charge in [0.2, 0.25) is 5.88 Å². The fourth-order valence-corrected chi connectivity index (χ4v) is 2.09.